The van der Waals surface area contributed by atoms with E-state index in [4.69, 9.17) is 13.9 Å². The normalized spacial score (nSPS) is 13.3. The number of nitriles is 1. The molecule has 2 aromatic carbocycles. The average molecular weight is 456 g/mol. The van der Waals surface area contributed by atoms with E-state index in [1.807, 2.05) is 6.07 Å². The Morgan fingerprint density at radius 3 is 2.47 bits per heavy atom. The van der Waals surface area contributed by atoms with E-state index in [1.54, 1.807) is 54.6 Å². The molecule has 2 heterocycles. The summed E-state index contributed by atoms with van der Waals surface area (Å²) in [6.07, 6.45) is 1.50. The fourth-order valence-corrected chi connectivity index (χ4v) is 3.45. The number of carbonyl (C=O) groups excluding carboxylic acids is 2. The third-order valence-corrected chi connectivity index (χ3v) is 5.12. The quantitative estimate of drug-likeness (QED) is 0.434. The predicted octanol–water partition coefficient (Wildman–Crippen LogP) is 3.04. The second-order valence-corrected chi connectivity index (χ2v) is 7.13. The molecule has 0 radical (unpaired) electrons. The first-order valence-electron chi connectivity index (χ1n) is 10.2. The van der Waals surface area contributed by atoms with Crippen LogP contribution in [-0.2, 0) is 11.3 Å². The minimum absolute atomic E-state index is 0.124. The van der Waals surface area contributed by atoms with Crippen molar-refractivity contribution in [1.82, 2.24) is 10.6 Å². The molecule has 2 amide bonds. The van der Waals surface area contributed by atoms with E-state index in [2.05, 4.69) is 15.6 Å². The minimum Gasteiger partial charge on any atom is -0.493 e. The summed E-state index contributed by atoms with van der Waals surface area (Å²) in [5.74, 6) is 0.652. The summed E-state index contributed by atoms with van der Waals surface area (Å²) in [6, 6.07) is 17.2. The molecule has 0 spiro atoms. The molecule has 0 fully saturated rings. The first-order chi connectivity index (χ1) is 16.5. The van der Waals surface area contributed by atoms with E-state index in [0.717, 1.165) is 0 Å². The largest absolute Gasteiger partial charge is 0.493 e. The third-order valence-electron chi connectivity index (χ3n) is 5.12. The van der Waals surface area contributed by atoms with Crippen LogP contribution in [-0.4, -0.2) is 31.9 Å². The summed E-state index contributed by atoms with van der Waals surface area (Å²) in [5.41, 5.74) is 1.49. The van der Waals surface area contributed by atoms with Gasteiger partial charge in [-0.2, -0.15) is 5.26 Å². The van der Waals surface area contributed by atoms with Crippen molar-refractivity contribution in [2.75, 3.05) is 14.2 Å². The zero-order chi connectivity index (χ0) is 24.1. The Hall–Kier alpha value is -4.84. The van der Waals surface area contributed by atoms with Gasteiger partial charge in [-0.3, -0.25) is 9.59 Å². The van der Waals surface area contributed by atoms with Crippen molar-refractivity contribution >= 4 is 23.3 Å². The van der Waals surface area contributed by atoms with E-state index in [-0.39, 0.29) is 23.7 Å². The van der Waals surface area contributed by atoms with Gasteiger partial charge in [0, 0.05) is 16.7 Å². The first-order valence-corrected chi connectivity index (χ1v) is 10.2. The van der Waals surface area contributed by atoms with Crippen molar-refractivity contribution < 1.29 is 23.5 Å². The molecule has 1 aromatic heterocycles. The van der Waals surface area contributed by atoms with Gasteiger partial charge in [0.1, 0.15) is 23.2 Å². The van der Waals surface area contributed by atoms with Crippen LogP contribution in [0.3, 0.4) is 0 Å². The summed E-state index contributed by atoms with van der Waals surface area (Å²) in [4.78, 5) is 30.1. The fraction of sp³-hybridized carbons (Fsp3) is 0.120. The Balaban J connectivity index is 1.64. The number of carbonyl (C=O) groups is 2. The van der Waals surface area contributed by atoms with Crippen molar-refractivity contribution in [1.29, 1.82) is 5.26 Å². The van der Waals surface area contributed by atoms with Crippen LogP contribution in [0.25, 0.3) is 5.70 Å². The Morgan fingerprint density at radius 1 is 1.03 bits per heavy atom. The maximum atomic E-state index is 12.9. The lowest BCUT2D eigenvalue weighted by Crippen LogP contribution is -2.30. The van der Waals surface area contributed by atoms with Crippen molar-refractivity contribution in [2.24, 2.45) is 4.99 Å². The van der Waals surface area contributed by atoms with Crippen LogP contribution in [0, 0.1) is 11.3 Å². The van der Waals surface area contributed by atoms with E-state index < -0.39 is 11.8 Å². The van der Waals surface area contributed by atoms with Crippen LogP contribution in [0.4, 0.5) is 0 Å². The van der Waals surface area contributed by atoms with Gasteiger partial charge >= 0.3 is 0 Å². The number of furan rings is 1. The molecule has 4 rings (SSSR count). The molecule has 3 aromatic rings. The third kappa shape index (κ3) is 4.38. The van der Waals surface area contributed by atoms with Gasteiger partial charge in [0.15, 0.2) is 11.5 Å². The number of hydrogen-bond acceptors (Lipinski definition) is 7. The highest BCUT2D eigenvalue weighted by atomic mass is 16.5. The summed E-state index contributed by atoms with van der Waals surface area (Å²) >= 11 is 0. The predicted molar refractivity (Wildman–Crippen MR) is 123 cm³/mol. The van der Waals surface area contributed by atoms with Gasteiger partial charge in [0.25, 0.3) is 11.8 Å². The smallest absolute Gasteiger partial charge is 0.264 e. The fourth-order valence-electron chi connectivity index (χ4n) is 3.45. The number of hydrogen-bond donors (Lipinski definition) is 2. The van der Waals surface area contributed by atoms with E-state index in [1.165, 1.54) is 20.5 Å². The van der Waals surface area contributed by atoms with Gasteiger partial charge in [-0.25, -0.2) is 4.99 Å². The maximum Gasteiger partial charge on any atom is 0.264 e. The van der Waals surface area contributed by atoms with Crippen molar-refractivity contribution in [3.63, 3.8) is 0 Å². The van der Waals surface area contributed by atoms with Gasteiger partial charge in [0.2, 0.25) is 0 Å². The molecule has 0 bridgehead atoms. The zero-order valence-corrected chi connectivity index (χ0v) is 18.4. The van der Waals surface area contributed by atoms with Gasteiger partial charge in [0.05, 0.1) is 32.7 Å². The summed E-state index contributed by atoms with van der Waals surface area (Å²) in [6.45, 7) is 0.124. The second-order valence-electron chi connectivity index (χ2n) is 7.13. The number of fused-ring (bicyclic) bond motifs is 1. The highest BCUT2D eigenvalue weighted by Gasteiger charge is 2.27. The van der Waals surface area contributed by atoms with Crippen molar-refractivity contribution in [3.05, 3.63) is 88.9 Å². The van der Waals surface area contributed by atoms with Crippen LogP contribution < -0.4 is 20.1 Å². The number of nitrogens with zero attached hydrogens (tertiary/aromatic N) is 2. The monoisotopic (exact) mass is 456 g/mol. The van der Waals surface area contributed by atoms with E-state index >= 15 is 0 Å². The lowest BCUT2D eigenvalue weighted by Gasteiger charge is -2.10. The molecule has 34 heavy (non-hydrogen) atoms. The zero-order valence-electron chi connectivity index (χ0n) is 18.4. The number of ether oxygens (including phenoxy) is 2. The van der Waals surface area contributed by atoms with Crippen LogP contribution in [0.5, 0.6) is 11.5 Å². The Labute approximate surface area is 195 Å². The number of benzene rings is 2. The first kappa shape index (κ1) is 22.4. The van der Waals surface area contributed by atoms with Crippen LogP contribution in [0.2, 0.25) is 0 Å². The molecule has 9 heteroatoms. The highest BCUT2D eigenvalue weighted by molar-refractivity contribution is 6.20. The average Bonchev–Trinajstić information content (AvgIpc) is 3.51. The molecule has 1 aliphatic rings. The molecule has 2 N–H and O–H groups in total. The van der Waals surface area contributed by atoms with Crippen molar-refractivity contribution in [2.45, 2.75) is 6.54 Å². The number of nitrogens with one attached hydrogen (secondary N) is 2. The molecule has 0 unspecified atom stereocenters. The van der Waals surface area contributed by atoms with Gasteiger partial charge in [-0.15, -0.1) is 0 Å². The Morgan fingerprint density at radius 2 is 1.79 bits per heavy atom. The number of methoxy groups -OCH3 is 2. The molecule has 9 nitrogen and oxygen atoms in total. The van der Waals surface area contributed by atoms with Crippen LogP contribution in [0.15, 0.2) is 75.8 Å². The van der Waals surface area contributed by atoms with Gasteiger partial charge in [-0.1, -0.05) is 24.3 Å². The Bertz CT molecular complexity index is 1350. The molecule has 0 aliphatic carbocycles. The maximum absolute atomic E-state index is 12.9. The Kier molecular flexibility index (Phi) is 6.41. The number of rotatable bonds is 6. The molecular formula is C25H20N4O5. The molecule has 170 valence electrons. The SMILES string of the molecule is COc1ccc(C(=O)NC2=N/C(=C(/C#N)C(=O)NCc3ccco3)c3ccccc32)cc1OC. The van der Waals surface area contributed by atoms with Crippen LogP contribution in [0.1, 0.15) is 27.2 Å². The summed E-state index contributed by atoms with van der Waals surface area (Å²) < 4.78 is 15.7. The number of amides is 2. The summed E-state index contributed by atoms with van der Waals surface area (Å²) in [5, 5.41) is 15.1. The summed E-state index contributed by atoms with van der Waals surface area (Å²) in [7, 11) is 2.99. The minimum atomic E-state index is -0.597. The van der Waals surface area contributed by atoms with E-state index in [0.29, 0.717) is 33.9 Å². The molecule has 0 atom stereocenters. The van der Waals surface area contributed by atoms with E-state index in [9.17, 15) is 14.9 Å². The van der Waals surface area contributed by atoms with Gasteiger partial charge < -0.3 is 24.5 Å². The molecule has 0 saturated carbocycles. The number of aliphatic imine (C=N–C) groups is 1. The number of amidine groups is 1. The van der Waals surface area contributed by atoms with Crippen molar-refractivity contribution in [3.8, 4) is 17.6 Å². The lowest BCUT2D eigenvalue weighted by molar-refractivity contribution is -0.117. The standard InChI is InChI=1S/C25H20N4O5/c1-32-20-10-9-15(12-21(20)33-2)24(30)29-23-18-8-4-3-7-17(18)22(28-23)19(13-26)25(31)27-14-16-6-5-11-34-16/h3-12H,14H2,1-2H3,(H,27,31)(H,28,29,30)/b22-19-. The molecular weight excluding hydrogens is 436 g/mol. The van der Waals surface area contributed by atoms with Gasteiger partial charge in [-0.05, 0) is 30.3 Å². The second kappa shape index (κ2) is 9.75. The molecule has 0 saturated heterocycles. The lowest BCUT2D eigenvalue weighted by atomic mass is 10.0. The van der Waals surface area contributed by atoms with Crippen LogP contribution >= 0.6 is 0 Å². The topological polar surface area (TPSA) is 126 Å². The highest BCUT2D eigenvalue weighted by Crippen LogP contribution is 2.31. The molecule has 1 aliphatic heterocycles.